The quantitative estimate of drug-likeness (QED) is 0.580. The van der Waals surface area contributed by atoms with E-state index >= 15 is 0 Å². The second-order valence-corrected chi connectivity index (χ2v) is 7.13. The summed E-state index contributed by atoms with van der Waals surface area (Å²) in [5.74, 6) is -1.77. The van der Waals surface area contributed by atoms with E-state index in [1.54, 1.807) is 0 Å². The number of carboxylic acids is 1. The van der Waals surface area contributed by atoms with Gasteiger partial charge in [0.05, 0.1) is 30.9 Å². The van der Waals surface area contributed by atoms with Crippen molar-refractivity contribution in [2.24, 2.45) is 0 Å². The van der Waals surface area contributed by atoms with Crippen LogP contribution < -0.4 is 5.32 Å². The maximum atomic E-state index is 11.8. The monoisotopic (exact) mass is 310 g/mol. The highest BCUT2D eigenvalue weighted by atomic mass is 32.2. The molecular weight excluding hydrogens is 288 g/mol. The molecule has 0 aliphatic heterocycles. The summed E-state index contributed by atoms with van der Waals surface area (Å²) in [7, 11) is -0.776. The molecule has 1 amide bonds. The number of likely N-dealkylation sites (N-methyl/N-ethyl adjacent to an activating group) is 1. The molecule has 0 heterocycles. The summed E-state index contributed by atoms with van der Waals surface area (Å²) in [5.41, 5.74) is -1.09. The summed E-state index contributed by atoms with van der Waals surface area (Å²) in [4.78, 5) is 22.6. The number of carbonyl (C=O) groups excluding carboxylic acids is 1. The third-order valence-electron chi connectivity index (χ3n) is 2.65. The first-order chi connectivity index (χ1) is 9.06. The van der Waals surface area contributed by atoms with Gasteiger partial charge in [0, 0.05) is 14.2 Å². The third kappa shape index (κ3) is 6.31. The van der Waals surface area contributed by atoms with E-state index in [2.05, 4.69) is 5.32 Å². The number of methoxy groups -OCH3 is 1. The van der Waals surface area contributed by atoms with Crippen molar-refractivity contribution in [3.05, 3.63) is 0 Å². The van der Waals surface area contributed by atoms with E-state index in [0.717, 1.165) is 4.31 Å². The number of hydrogen-bond acceptors (Lipinski definition) is 5. The van der Waals surface area contributed by atoms with Crippen LogP contribution >= 0.6 is 0 Å². The largest absolute Gasteiger partial charge is 0.481 e. The van der Waals surface area contributed by atoms with Crippen LogP contribution in [0.15, 0.2) is 0 Å². The van der Waals surface area contributed by atoms with Gasteiger partial charge in [-0.3, -0.25) is 9.59 Å². The van der Waals surface area contributed by atoms with Crippen molar-refractivity contribution in [1.29, 1.82) is 0 Å². The van der Waals surface area contributed by atoms with E-state index in [1.165, 1.54) is 28.0 Å². The van der Waals surface area contributed by atoms with Gasteiger partial charge in [0.1, 0.15) is 0 Å². The fourth-order valence-electron chi connectivity index (χ4n) is 1.68. The molecule has 0 rings (SSSR count). The van der Waals surface area contributed by atoms with Crippen LogP contribution in [0.2, 0.25) is 0 Å². The third-order valence-corrected chi connectivity index (χ3v) is 4.46. The lowest BCUT2D eigenvalue weighted by atomic mass is 9.99. The zero-order valence-electron chi connectivity index (χ0n) is 12.2. The molecule has 0 aromatic carbocycles. The summed E-state index contributed by atoms with van der Waals surface area (Å²) in [5, 5.41) is 11.3. The van der Waals surface area contributed by atoms with E-state index < -0.39 is 27.4 Å². The minimum atomic E-state index is -3.46. The molecule has 0 fully saturated rings. The number of aliphatic carboxylic acids is 1. The van der Waals surface area contributed by atoms with Gasteiger partial charge in [-0.15, -0.1) is 0 Å². The van der Waals surface area contributed by atoms with Crippen molar-refractivity contribution in [3.8, 4) is 0 Å². The second-order valence-electron chi connectivity index (χ2n) is 4.77. The summed E-state index contributed by atoms with van der Waals surface area (Å²) < 4.78 is 28.9. The summed E-state index contributed by atoms with van der Waals surface area (Å²) in [6.07, 6.45) is -0.323. The number of carbonyl (C=O) groups is 2. The van der Waals surface area contributed by atoms with Crippen LogP contribution in [-0.4, -0.2) is 68.3 Å². The van der Waals surface area contributed by atoms with Gasteiger partial charge in [0.15, 0.2) is 0 Å². The Labute approximate surface area is 119 Å². The van der Waals surface area contributed by atoms with Crippen molar-refractivity contribution in [2.45, 2.75) is 25.8 Å². The number of ether oxygens (including phenoxy) is 1. The maximum Gasteiger partial charge on any atom is 0.305 e. The molecule has 8 nitrogen and oxygen atoms in total. The van der Waals surface area contributed by atoms with E-state index in [-0.39, 0.29) is 25.3 Å². The van der Waals surface area contributed by atoms with Gasteiger partial charge in [-0.25, -0.2) is 8.42 Å². The van der Waals surface area contributed by atoms with Gasteiger partial charge in [-0.2, -0.15) is 4.31 Å². The molecular formula is C11H22N2O6S. The van der Waals surface area contributed by atoms with Gasteiger partial charge >= 0.3 is 5.97 Å². The number of hydrogen-bond donors (Lipinski definition) is 2. The molecule has 0 aliphatic carbocycles. The number of nitrogens with one attached hydrogen (secondary N) is 1. The number of sulfonamides is 1. The summed E-state index contributed by atoms with van der Waals surface area (Å²) in [6.45, 7) is 2.64. The summed E-state index contributed by atoms with van der Waals surface area (Å²) >= 11 is 0. The normalized spacial score (nSPS) is 14.8. The topological polar surface area (TPSA) is 113 Å². The van der Waals surface area contributed by atoms with Crippen molar-refractivity contribution in [2.75, 3.05) is 33.1 Å². The lowest BCUT2D eigenvalue weighted by Crippen LogP contribution is -2.53. The van der Waals surface area contributed by atoms with Crippen LogP contribution in [-0.2, 0) is 24.3 Å². The molecule has 0 spiro atoms. The van der Waals surface area contributed by atoms with Crippen LogP contribution in [0.3, 0.4) is 0 Å². The average molecular weight is 310 g/mol. The number of nitrogens with zero attached hydrogens (tertiary/aromatic N) is 1. The van der Waals surface area contributed by atoms with E-state index in [0.29, 0.717) is 0 Å². The Morgan fingerprint density at radius 1 is 1.40 bits per heavy atom. The van der Waals surface area contributed by atoms with Gasteiger partial charge in [0.2, 0.25) is 15.9 Å². The van der Waals surface area contributed by atoms with E-state index in [9.17, 15) is 18.0 Å². The Morgan fingerprint density at radius 3 is 2.35 bits per heavy atom. The first-order valence-electron chi connectivity index (χ1n) is 6.02. The van der Waals surface area contributed by atoms with E-state index in [1.807, 2.05) is 0 Å². The molecule has 0 radical (unpaired) electrons. The lowest BCUT2D eigenvalue weighted by molar-refractivity contribution is -0.139. The van der Waals surface area contributed by atoms with E-state index in [4.69, 9.17) is 9.84 Å². The first-order valence-corrected chi connectivity index (χ1v) is 7.63. The highest BCUT2D eigenvalue weighted by Crippen LogP contribution is 2.10. The van der Waals surface area contributed by atoms with Crippen LogP contribution in [0, 0.1) is 0 Å². The standard InChI is InChI=1S/C11H22N2O6S/c1-5-20(17,18)13(3)7-9(14)12-11(2,8-19-4)6-10(15)16/h5-8H2,1-4H3,(H,12,14)(H,15,16). The van der Waals surface area contributed by atoms with Crippen molar-refractivity contribution in [1.82, 2.24) is 9.62 Å². The molecule has 2 N–H and O–H groups in total. The van der Waals surface area contributed by atoms with Crippen LogP contribution in [0.25, 0.3) is 0 Å². The molecule has 118 valence electrons. The Bertz CT molecular complexity index is 450. The van der Waals surface area contributed by atoms with Gasteiger partial charge in [0.25, 0.3) is 0 Å². The molecule has 0 aliphatic rings. The van der Waals surface area contributed by atoms with Crippen LogP contribution in [0.4, 0.5) is 0 Å². The van der Waals surface area contributed by atoms with Gasteiger partial charge in [-0.1, -0.05) is 0 Å². The first kappa shape index (κ1) is 18.8. The lowest BCUT2D eigenvalue weighted by Gasteiger charge is -2.29. The highest BCUT2D eigenvalue weighted by molar-refractivity contribution is 7.89. The van der Waals surface area contributed by atoms with Gasteiger partial charge < -0.3 is 15.2 Å². The average Bonchev–Trinajstić information content (AvgIpc) is 2.26. The molecule has 1 atom stereocenters. The van der Waals surface area contributed by atoms with Crippen LogP contribution in [0.5, 0.6) is 0 Å². The molecule has 20 heavy (non-hydrogen) atoms. The fraction of sp³-hybridized carbons (Fsp3) is 0.818. The number of carboxylic acid groups (broad SMARTS) is 1. The Morgan fingerprint density at radius 2 is 1.95 bits per heavy atom. The van der Waals surface area contributed by atoms with Crippen molar-refractivity contribution < 1.29 is 27.9 Å². The molecule has 1 unspecified atom stereocenters. The second kappa shape index (κ2) is 7.55. The highest BCUT2D eigenvalue weighted by Gasteiger charge is 2.30. The Hall–Kier alpha value is -1.19. The number of rotatable bonds is 9. The zero-order chi connectivity index (χ0) is 16.0. The number of amides is 1. The zero-order valence-corrected chi connectivity index (χ0v) is 13.0. The SMILES string of the molecule is CCS(=O)(=O)N(C)CC(=O)NC(C)(COC)CC(=O)O. The van der Waals surface area contributed by atoms with Crippen molar-refractivity contribution >= 4 is 21.9 Å². The minimum Gasteiger partial charge on any atom is -0.481 e. The molecule has 0 saturated carbocycles. The maximum absolute atomic E-state index is 11.8. The predicted molar refractivity (Wildman–Crippen MR) is 72.8 cm³/mol. The Kier molecular flexibility index (Phi) is 7.11. The molecule has 9 heteroatoms. The molecule has 0 saturated heterocycles. The molecule has 0 bridgehead atoms. The Balaban J connectivity index is 4.74. The predicted octanol–water partition coefficient (Wildman–Crippen LogP) is -0.736. The van der Waals surface area contributed by atoms with Crippen molar-refractivity contribution in [3.63, 3.8) is 0 Å². The molecule has 0 aromatic heterocycles. The van der Waals surface area contributed by atoms with Gasteiger partial charge in [-0.05, 0) is 13.8 Å². The minimum absolute atomic E-state index is 0.00921. The fourth-order valence-corrected chi connectivity index (χ4v) is 2.44. The molecule has 0 aromatic rings. The van der Waals surface area contributed by atoms with Crippen LogP contribution in [0.1, 0.15) is 20.3 Å². The summed E-state index contributed by atoms with van der Waals surface area (Å²) in [6, 6.07) is 0. The smallest absolute Gasteiger partial charge is 0.305 e.